The van der Waals surface area contributed by atoms with Gasteiger partial charge in [-0.05, 0) is 39.7 Å². The van der Waals surface area contributed by atoms with Crippen LogP contribution in [0.5, 0.6) is 0 Å². The number of hydrogen-bond acceptors (Lipinski definition) is 2. The molecule has 0 spiro atoms. The van der Waals surface area contributed by atoms with Gasteiger partial charge in [0.25, 0.3) is 0 Å². The maximum atomic E-state index is 13.4. The first-order valence-electron chi connectivity index (χ1n) is 5.83. The average molecular weight is 312 g/mol. The van der Waals surface area contributed by atoms with Crippen LogP contribution < -0.4 is 5.32 Å². The molecule has 96 valence electrons. The van der Waals surface area contributed by atoms with Crippen molar-refractivity contribution in [2.75, 3.05) is 0 Å². The summed E-state index contributed by atoms with van der Waals surface area (Å²) < 4.78 is 19.6. The van der Waals surface area contributed by atoms with Crippen molar-refractivity contribution in [3.8, 4) is 11.3 Å². The smallest absolute Gasteiger partial charge is 0.148 e. The number of nitrogens with one attached hydrogen (secondary N) is 1. The minimum absolute atomic E-state index is 0.262. The van der Waals surface area contributed by atoms with Crippen LogP contribution in [-0.2, 0) is 6.54 Å². The minimum atomic E-state index is -0.262. The first kappa shape index (κ1) is 13.3. The second kappa shape index (κ2) is 5.67. The lowest BCUT2D eigenvalue weighted by Crippen LogP contribution is -2.22. The van der Waals surface area contributed by atoms with E-state index in [1.165, 1.54) is 12.1 Å². The van der Waals surface area contributed by atoms with Crippen LogP contribution in [0.15, 0.2) is 39.4 Å². The van der Waals surface area contributed by atoms with Gasteiger partial charge in [-0.15, -0.1) is 0 Å². The monoisotopic (exact) mass is 311 g/mol. The summed E-state index contributed by atoms with van der Waals surface area (Å²) in [7, 11) is 0. The summed E-state index contributed by atoms with van der Waals surface area (Å²) in [6.45, 7) is 4.83. The fourth-order valence-electron chi connectivity index (χ4n) is 1.71. The molecular weight excluding hydrogens is 297 g/mol. The van der Waals surface area contributed by atoms with Crippen molar-refractivity contribution >= 4 is 15.9 Å². The summed E-state index contributed by atoms with van der Waals surface area (Å²) in [5.41, 5.74) is 1.79. The number of hydrogen-bond donors (Lipinski definition) is 1. The van der Waals surface area contributed by atoms with Crippen molar-refractivity contribution in [3.63, 3.8) is 0 Å². The van der Waals surface area contributed by atoms with E-state index < -0.39 is 0 Å². The molecule has 18 heavy (non-hydrogen) atoms. The highest BCUT2D eigenvalue weighted by atomic mass is 79.9. The molecule has 0 aliphatic rings. The SMILES string of the molecule is CC(C)NCc1ccc(F)cc1-c1occc1Br. The normalized spacial score (nSPS) is 11.2. The van der Waals surface area contributed by atoms with Gasteiger partial charge in [0, 0.05) is 18.2 Å². The second-order valence-corrected chi connectivity index (χ2v) is 5.29. The van der Waals surface area contributed by atoms with Gasteiger partial charge >= 0.3 is 0 Å². The van der Waals surface area contributed by atoms with Gasteiger partial charge in [-0.2, -0.15) is 0 Å². The van der Waals surface area contributed by atoms with Crippen LogP contribution in [0.25, 0.3) is 11.3 Å². The van der Waals surface area contributed by atoms with Crippen LogP contribution >= 0.6 is 15.9 Å². The highest BCUT2D eigenvalue weighted by Gasteiger charge is 2.13. The van der Waals surface area contributed by atoms with Crippen LogP contribution in [0.4, 0.5) is 4.39 Å². The molecule has 1 aromatic heterocycles. The Kier molecular flexibility index (Phi) is 4.19. The highest BCUT2D eigenvalue weighted by Crippen LogP contribution is 2.32. The fourth-order valence-corrected chi connectivity index (χ4v) is 2.13. The summed E-state index contributed by atoms with van der Waals surface area (Å²) in [6.07, 6.45) is 1.59. The van der Waals surface area contributed by atoms with Gasteiger partial charge < -0.3 is 9.73 Å². The minimum Gasteiger partial charge on any atom is -0.463 e. The van der Waals surface area contributed by atoms with Crippen LogP contribution in [-0.4, -0.2) is 6.04 Å². The second-order valence-electron chi connectivity index (χ2n) is 4.43. The van der Waals surface area contributed by atoms with E-state index in [0.717, 1.165) is 15.6 Å². The van der Waals surface area contributed by atoms with Gasteiger partial charge in [0.15, 0.2) is 0 Å². The number of benzene rings is 1. The van der Waals surface area contributed by atoms with E-state index >= 15 is 0 Å². The zero-order valence-electron chi connectivity index (χ0n) is 10.3. The molecule has 1 heterocycles. The Morgan fingerprint density at radius 2 is 2.11 bits per heavy atom. The predicted octanol–water partition coefficient (Wildman–Crippen LogP) is 4.35. The van der Waals surface area contributed by atoms with Crippen LogP contribution in [0, 0.1) is 5.82 Å². The maximum Gasteiger partial charge on any atom is 0.148 e. The van der Waals surface area contributed by atoms with Crippen LogP contribution in [0.1, 0.15) is 19.4 Å². The Morgan fingerprint density at radius 1 is 1.33 bits per heavy atom. The summed E-state index contributed by atoms with van der Waals surface area (Å²) >= 11 is 3.41. The van der Waals surface area contributed by atoms with E-state index in [1.54, 1.807) is 18.4 Å². The van der Waals surface area contributed by atoms with E-state index in [4.69, 9.17) is 4.42 Å². The van der Waals surface area contributed by atoms with Crippen molar-refractivity contribution < 1.29 is 8.81 Å². The molecule has 0 saturated carbocycles. The van der Waals surface area contributed by atoms with Gasteiger partial charge in [0.2, 0.25) is 0 Å². The Labute approximate surface area is 114 Å². The predicted molar refractivity (Wildman–Crippen MR) is 73.8 cm³/mol. The molecule has 0 saturated heterocycles. The molecule has 0 amide bonds. The first-order chi connectivity index (χ1) is 8.58. The quantitative estimate of drug-likeness (QED) is 0.908. The first-order valence-corrected chi connectivity index (χ1v) is 6.62. The average Bonchev–Trinajstić information content (AvgIpc) is 2.73. The molecule has 0 radical (unpaired) electrons. The molecule has 0 fully saturated rings. The Morgan fingerprint density at radius 3 is 2.72 bits per heavy atom. The number of halogens is 2. The van der Waals surface area contributed by atoms with Gasteiger partial charge in [-0.25, -0.2) is 4.39 Å². The summed E-state index contributed by atoms with van der Waals surface area (Å²) in [5.74, 6) is 0.400. The Balaban J connectivity index is 2.38. The molecule has 2 rings (SSSR count). The summed E-state index contributed by atoms with van der Waals surface area (Å²) in [4.78, 5) is 0. The standard InChI is InChI=1S/C14H15BrFNO/c1-9(2)17-8-10-3-4-11(16)7-12(10)14-13(15)5-6-18-14/h3-7,9,17H,8H2,1-2H3. The molecule has 1 aromatic carbocycles. The van der Waals surface area contributed by atoms with E-state index in [0.29, 0.717) is 18.3 Å². The molecule has 1 N–H and O–H groups in total. The Bertz CT molecular complexity index is 536. The molecule has 2 aromatic rings. The van der Waals surface area contributed by atoms with Crippen molar-refractivity contribution in [2.45, 2.75) is 26.4 Å². The van der Waals surface area contributed by atoms with E-state index in [9.17, 15) is 4.39 Å². The van der Waals surface area contributed by atoms with E-state index in [2.05, 4.69) is 35.1 Å². The third-order valence-corrected chi connectivity index (χ3v) is 3.26. The lowest BCUT2D eigenvalue weighted by molar-refractivity contribution is 0.569. The third kappa shape index (κ3) is 3.00. The van der Waals surface area contributed by atoms with Crippen LogP contribution in [0.2, 0.25) is 0 Å². The number of furan rings is 1. The van der Waals surface area contributed by atoms with Gasteiger partial charge in [-0.1, -0.05) is 19.9 Å². The van der Waals surface area contributed by atoms with Gasteiger partial charge in [-0.3, -0.25) is 0 Å². The Hall–Kier alpha value is -1.13. The summed E-state index contributed by atoms with van der Waals surface area (Å²) in [5, 5.41) is 3.32. The van der Waals surface area contributed by atoms with Gasteiger partial charge in [0.05, 0.1) is 10.7 Å². The zero-order valence-corrected chi connectivity index (χ0v) is 11.9. The molecule has 2 nitrogen and oxygen atoms in total. The lowest BCUT2D eigenvalue weighted by atomic mass is 10.0. The van der Waals surface area contributed by atoms with Crippen LogP contribution in [0.3, 0.4) is 0 Å². The third-order valence-electron chi connectivity index (χ3n) is 2.63. The molecule has 4 heteroatoms. The maximum absolute atomic E-state index is 13.4. The lowest BCUT2D eigenvalue weighted by Gasteiger charge is -2.12. The number of rotatable bonds is 4. The topological polar surface area (TPSA) is 25.2 Å². The van der Waals surface area contributed by atoms with Gasteiger partial charge in [0.1, 0.15) is 11.6 Å². The highest BCUT2D eigenvalue weighted by molar-refractivity contribution is 9.10. The van der Waals surface area contributed by atoms with Crippen molar-refractivity contribution in [3.05, 3.63) is 46.4 Å². The van der Waals surface area contributed by atoms with Crippen molar-refractivity contribution in [1.29, 1.82) is 0 Å². The molecule has 0 bridgehead atoms. The van der Waals surface area contributed by atoms with E-state index in [1.807, 2.05) is 0 Å². The molecular formula is C14H15BrFNO. The summed E-state index contributed by atoms with van der Waals surface area (Å²) in [6, 6.07) is 6.94. The van der Waals surface area contributed by atoms with Crippen molar-refractivity contribution in [2.24, 2.45) is 0 Å². The molecule has 0 aliphatic heterocycles. The largest absolute Gasteiger partial charge is 0.463 e. The molecule has 0 atom stereocenters. The van der Waals surface area contributed by atoms with Crippen molar-refractivity contribution in [1.82, 2.24) is 5.32 Å². The van der Waals surface area contributed by atoms with E-state index in [-0.39, 0.29) is 5.82 Å². The molecule has 0 unspecified atom stereocenters. The zero-order chi connectivity index (χ0) is 13.1. The fraction of sp³-hybridized carbons (Fsp3) is 0.286. The molecule has 0 aliphatic carbocycles.